The van der Waals surface area contributed by atoms with Gasteiger partial charge in [0.25, 0.3) is 0 Å². The van der Waals surface area contributed by atoms with Crippen LogP contribution in [0.2, 0.25) is 0 Å². The van der Waals surface area contributed by atoms with Gasteiger partial charge < -0.3 is 15.1 Å². The Morgan fingerprint density at radius 3 is 2.79 bits per heavy atom. The number of amides is 3. The average molecular weight is 395 g/mol. The molecular formula is C22H19F2N3O2. The molecule has 0 aromatic heterocycles. The highest BCUT2D eigenvalue weighted by Crippen LogP contribution is 2.42. The van der Waals surface area contributed by atoms with Crippen molar-refractivity contribution in [2.45, 2.75) is 19.0 Å². The number of anilines is 1. The smallest absolute Gasteiger partial charge is 0.322 e. The van der Waals surface area contributed by atoms with Gasteiger partial charge in [0.2, 0.25) is 5.91 Å². The van der Waals surface area contributed by atoms with Crippen molar-refractivity contribution in [3.05, 3.63) is 71.3 Å². The van der Waals surface area contributed by atoms with E-state index in [9.17, 15) is 18.4 Å². The third kappa shape index (κ3) is 3.06. The Hall–Kier alpha value is -3.22. The van der Waals surface area contributed by atoms with E-state index in [1.807, 2.05) is 0 Å². The molecule has 29 heavy (non-hydrogen) atoms. The number of likely N-dealkylation sites (tertiary alicyclic amines) is 1. The summed E-state index contributed by atoms with van der Waals surface area (Å²) in [6.07, 6.45) is 2.83. The summed E-state index contributed by atoms with van der Waals surface area (Å²) in [5.74, 6) is -0.673. The zero-order chi connectivity index (χ0) is 20.1. The molecule has 2 unspecified atom stereocenters. The van der Waals surface area contributed by atoms with Crippen LogP contribution in [0, 0.1) is 17.6 Å². The summed E-state index contributed by atoms with van der Waals surface area (Å²) in [6, 6.07) is 10.2. The lowest BCUT2D eigenvalue weighted by Gasteiger charge is -2.33. The van der Waals surface area contributed by atoms with Crippen LogP contribution in [0.4, 0.5) is 19.3 Å². The van der Waals surface area contributed by atoms with Crippen molar-refractivity contribution < 1.29 is 18.4 Å². The first-order valence-corrected chi connectivity index (χ1v) is 9.60. The molecule has 2 aromatic carbocycles. The van der Waals surface area contributed by atoms with Crippen molar-refractivity contribution in [1.82, 2.24) is 9.80 Å². The standard InChI is InChI=1S/C22H19F2N3O2/c23-15-5-6-19-14(9-15)11-26(22(29)25-19)12-21(28)27-10-13-7-17(20(27)8-13)16-3-1-2-4-18(16)24/h1-7,9,13,20H,8,10-12H2,(H,25,29). The Kier molecular flexibility index (Phi) is 4.12. The molecule has 1 fully saturated rings. The lowest BCUT2D eigenvalue weighted by molar-refractivity contribution is -0.132. The third-order valence-electron chi connectivity index (χ3n) is 5.90. The molecule has 5 rings (SSSR count). The first-order chi connectivity index (χ1) is 14.0. The fourth-order valence-electron chi connectivity index (χ4n) is 4.56. The average Bonchev–Trinajstić information content (AvgIpc) is 3.30. The lowest BCUT2D eigenvalue weighted by Crippen LogP contribution is -2.48. The van der Waals surface area contributed by atoms with Crippen molar-refractivity contribution >= 4 is 23.2 Å². The maximum atomic E-state index is 14.3. The first-order valence-electron chi connectivity index (χ1n) is 9.60. The zero-order valence-electron chi connectivity index (χ0n) is 15.6. The first kappa shape index (κ1) is 17.8. The van der Waals surface area contributed by atoms with E-state index in [0.717, 1.165) is 12.0 Å². The van der Waals surface area contributed by atoms with Crippen molar-refractivity contribution in [2.24, 2.45) is 5.92 Å². The van der Waals surface area contributed by atoms with Crippen molar-refractivity contribution in [1.29, 1.82) is 0 Å². The van der Waals surface area contributed by atoms with Crippen LogP contribution in [0.25, 0.3) is 5.57 Å². The number of nitrogens with one attached hydrogen (secondary N) is 1. The molecule has 0 saturated carbocycles. The highest BCUT2D eigenvalue weighted by Gasteiger charge is 2.43. The quantitative estimate of drug-likeness (QED) is 0.863. The Morgan fingerprint density at radius 1 is 1.17 bits per heavy atom. The molecule has 148 valence electrons. The predicted octanol–water partition coefficient (Wildman–Crippen LogP) is 3.63. The van der Waals surface area contributed by atoms with Gasteiger partial charge in [0, 0.05) is 17.8 Å². The fraction of sp³-hybridized carbons (Fsp3) is 0.273. The molecule has 2 aliphatic heterocycles. The number of benzene rings is 2. The number of carbonyl (C=O) groups excluding carboxylic acids is 2. The molecule has 7 heteroatoms. The molecule has 2 atom stereocenters. The van der Waals surface area contributed by atoms with Gasteiger partial charge >= 0.3 is 6.03 Å². The van der Waals surface area contributed by atoms with Crippen molar-refractivity contribution in [2.75, 3.05) is 18.4 Å². The second-order valence-corrected chi connectivity index (χ2v) is 7.75. The zero-order valence-corrected chi connectivity index (χ0v) is 15.6. The van der Waals surface area contributed by atoms with Gasteiger partial charge in [0.05, 0.1) is 12.6 Å². The predicted molar refractivity (Wildman–Crippen MR) is 104 cm³/mol. The van der Waals surface area contributed by atoms with E-state index in [4.69, 9.17) is 0 Å². The Morgan fingerprint density at radius 2 is 2.00 bits per heavy atom. The highest BCUT2D eigenvalue weighted by molar-refractivity contribution is 5.95. The number of halogens is 2. The molecule has 3 amide bonds. The number of hydrogen-bond acceptors (Lipinski definition) is 2. The molecule has 2 heterocycles. The van der Waals surface area contributed by atoms with Crippen LogP contribution >= 0.6 is 0 Å². The Balaban J connectivity index is 1.33. The summed E-state index contributed by atoms with van der Waals surface area (Å²) in [6.45, 7) is 0.639. The summed E-state index contributed by atoms with van der Waals surface area (Å²) in [4.78, 5) is 28.5. The lowest BCUT2D eigenvalue weighted by atomic mass is 9.99. The van der Waals surface area contributed by atoms with Gasteiger partial charge in [-0.05, 0) is 47.7 Å². The summed E-state index contributed by atoms with van der Waals surface area (Å²) >= 11 is 0. The van der Waals surface area contributed by atoms with Crippen molar-refractivity contribution in [3.8, 4) is 0 Å². The van der Waals surface area contributed by atoms with Crippen LogP contribution in [0.5, 0.6) is 0 Å². The number of hydrogen-bond donors (Lipinski definition) is 1. The second kappa shape index (κ2) is 6.69. The number of nitrogens with zero attached hydrogens (tertiary/aromatic N) is 2. The van der Waals surface area contributed by atoms with Gasteiger partial charge in [-0.25, -0.2) is 13.6 Å². The number of carbonyl (C=O) groups is 2. The highest BCUT2D eigenvalue weighted by atomic mass is 19.1. The van der Waals surface area contributed by atoms with E-state index in [0.29, 0.717) is 23.4 Å². The van der Waals surface area contributed by atoms with Gasteiger partial charge in [0.15, 0.2) is 0 Å². The molecule has 2 aromatic rings. The van der Waals surface area contributed by atoms with Crippen LogP contribution in [0.1, 0.15) is 17.5 Å². The van der Waals surface area contributed by atoms with Gasteiger partial charge in [-0.2, -0.15) is 0 Å². The van der Waals surface area contributed by atoms with Crippen LogP contribution < -0.4 is 5.32 Å². The number of rotatable bonds is 3. The maximum Gasteiger partial charge on any atom is 0.322 e. The maximum absolute atomic E-state index is 14.3. The molecule has 1 saturated heterocycles. The fourth-order valence-corrected chi connectivity index (χ4v) is 4.56. The molecule has 0 spiro atoms. The van der Waals surface area contributed by atoms with Gasteiger partial charge in [-0.15, -0.1) is 0 Å². The minimum Gasteiger partial charge on any atom is -0.333 e. The van der Waals surface area contributed by atoms with Crippen LogP contribution in [-0.4, -0.2) is 40.9 Å². The third-order valence-corrected chi connectivity index (χ3v) is 5.90. The molecule has 1 N–H and O–H groups in total. The van der Waals surface area contributed by atoms with E-state index in [1.165, 1.54) is 29.2 Å². The number of fused-ring (bicyclic) bond motifs is 3. The van der Waals surface area contributed by atoms with Gasteiger partial charge in [-0.3, -0.25) is 4.79 Å². The molecular weight excluding hydrogens is 376 g/mol. The van der Waals surface area contributed by atoms with E-state index < -0.39 is 0 Å². The monoisotopic (exact) mass is 395 g/mol. The van der Waals surface area contributed by atoms with E-state index in [2.05, 4.69) is 11.4 Å². The molecule has 1 aliphatic carbocycles. The topological polar surface area (TPSA) is 52.7 Å². The largest absolute Gasteiger partial charge is 0.333 e. The summed E-state index contributed by atoms with van der Waals surface area (Å²) in [5, 5.41) is 2.70. The van der Waals surface area contributed by atoms with Gasteiger partial charge in [-0.1, -0.05) is 24.3 Å². The molecule has 0 radical (unpaired) electrons. The van der Waals surface area contributed by atoms with Crippen molar-refractivity contribution in [3.63, 3.8) is 0 Å². The molecule has 5 nitrogen and oxygen atoms in total. The van der Waals surface area contributed by atoms with E-state index in [1.54, 1.807) is 23.1 Å². The Bertz CT molecular complexity index is 1050. The van der Waals surface area contributed by atoms with E-state index in [-0.39, 0.29) is 48.6 Å². The summed E-state index contributed by atoms with van der Waals surface area (Å²) in [7, 11) is 0. The SMILES string of the molecule is O=C1Nc2ccc(F)cc2CN1CC(=O)N1CC2C=C(c3ccccc3F)C1C2. The summed E-state index contributed by atoms with van der Waals surface area (Å²) < 4.78 is 27.8. The normalized spacial score (nSPS) is 22.4. The van der Waals surface area contributed by atoms with E-state index >= 15 is 0 Å². The second-order valence-electron chi connectivity index (χ2n) is 7.75. The molecule has 3 aliphatic rings. The van der Waals surface area contributed by atoms with Gasteiger partial charge in [0.1, 0.15) is 18.2 Å². The summed E-state index contributed by atoms with van der Waals surface area (Å²) in [5.41, 5.74) is 2.55. The van der Waals surface area contributed by atoms with Crippen LogP contribution in [0.3, 0.4) is 0 Å². The van der Waals surface area contributed by atoms with Crippen LogP contribution in [-0.2, 0) is 11.3 Å². The minimum absolute atomic E-state index is 0.102. The Labute approximate surface area is 166 Å². The number of urea groups is 1. The van der Waals surface area contributed by atoms with Crippen LogP contribution in [0.15, 0.2) is 48.5 Å². The molecule has 2 bridgehead atoms. The minimum atomic E-state index is -0.386.